The number of hydrogen-bond donors (Lipinski definition) is 0. The molecule has 0 heterocycles. The molecule has 0 radical (unpaired) electrons. The molecule has 0 amide bonds. The van der Waals surface area contributed by atoms with Crippen molar-refractivity contribution < 1.29 is 4.79 Å². The van der Waals surface area contributed by atoms with Crippen molar-refractivity contribution in [3.8, 4) is 0 Å². The Morgan fingerprint density at radius 1 is 1.55 bits per heavy atom. The van der Waals surface area contributed by atoms with Crippen LogP contribution in [-0.4, -0.2) is 5.78 Å². The molecule has 0 fully saturated rings. The van der Waals surface area contributed by atoms with E-state index in [0.29, 0.717) is 12.0 Å². The highest BCUT2D eigenvalue weighted by atomic mass is 16.1. The predicted molar refractivity (Wildman–Crippen MR) is 48.4 cm³/mol. The first-order chi connectivity index (χ1) is 5.11. The van der Waals surface area contributed by atoms with E-state index < -0.39 is 0 Å². The van der Waals surface area contributed by atoms with Gasteiger partial charge in [0.05, 0.1) is 0 Å². The Balaban J connectivity index is 4.52. The first-order valence-electron chi connectivity index (χ1n) is 3.64. The quantitative estimate of drug-likeness (QED) is 0.445. The molecule has 0 rings (SSSR count). The van der Waals surface area contributed by atoms with Gasteiger partial charge in [-0.15, -0.1) is 0 Å². The van der Waals surface area contributed by atoms with Crippen LogP contribution in [0.4, 0.5) is 0 Å². The molecule has 0 unspecified atom stereocenters. The van der Waals surface area contributed by atoms with Crippen LogP contribution in [0.15, 0.2) is 36.5 Å². The predicted octanol–water partition coefficient (Wildman–Crippen LogP) is 2.65. The molecular formula is C10H14O. The number of carbonyl (C=O) groups excluding carboxylic acids is 1. The fourth-order valence-corrected chi connectivity index (χ4v) is 0.723. The van der Waals surface area contributed by atoms with E-state index >= 15 is 0 Å². The summed E-state index contributed by atoms with van der Waals surface area (Å²) in [6.45, 7) is 10.9. The summed E-state index contributed by atoms with van der Waals surface area (Å²) in [5.41, 5.74) is 1.53. The first-order valence-corrected chi connectivity index (χ1v) is 3.64. The number of Topliss-reactive ketones (excluding diaryl/α,β-unsaturated/α-hetero) is 1. The molecule has 1 nitrogen and oxygen atoms in total. The van der Waals surface area contributed by atoms with Gasteiger partial charge < -0.3 is 0 Å². The number of rotatable bonds is 4. The Labute approximate surface area is 68.1 Å². The first kappa shape index (κ1) is 9.89. The summed E-state index contributed by atoms with van der Waals surface area (Å²) < 4.78 is 0. The van der Waals surface area contributed by atoms with Crippen LogP contribution in [0.5, 0.6) is 0 Å². The van der Waals surface area contributed by atoms with Gasteiger partial charge in [-0.05, 0) is 13.0 Å². The molecule has 0 aliphatic rings. The van der Waals surface area contributed by atoms with E-state index in [2.05, 4.69) is 13.2 Å². The lowest BCUT2D eigenvalue weighted by Gasteiger charge is -1.96. The Morgan fingerprint density at radius 3 is 2.36 bits per heavy atom. The highest BCUT2D eigenvalue weighted by Gasteiger charge is 2.00. The number of ketones is 1. The van der Waals surface area contributed by atoms with E-state index in [1.165, 1.54) is 0 Å². The maximum atomic E-state index is 11.1. The van der Waals surface area contributed by atoms with Crippen LogP contribution in [0.1, 0.15) is 20.3 Å². The van der Waals surface area contributed by atoms with Crippen molar-refractivity contribution in [1.29, 1.82) is 0 Å². The maximum Gasteiger partial charge on any atom is 0.162 e. The van der Waals surface area contributed by atoms with E-state index in [0.717, 1.165) is 5.57 Å². The Hall–Kier alpha value is -1.11. The van der Waals surface area contributed by atoms with E-state index in [4.69, 9.17) is 0 Å². The summed E-state index contributed by atoms with van der Waals surface area (Å²) in [4.78, 5) is 11.1. The molecule has 0 spiro atoms. The van der Waals surface area contributed by atoms with Gasteiger partial charge in [-0.3, -0.25) is 4.79 Å². The Kier molecular flexibility index (Phi) is 4.20. The number of allylic oxidation sites excluding steroid dienone is 4. The zero-order valence-corrected chi connectivity index (χ0v) is 7.18. The lowest BCUT2D eigenvalue weighted by atomic mass is 10.1. The van der Waals surface area contributed by atoms with Crippen LogP contribution in [0.2, 0.25) is 0 Å². The van der Waals surface area contributed by atoms with Crippen LogP contribution < -0.4 is 0 Å². The SMILES string of the molecule is C=C/C(=C\C(=C)C)C(=O)CC. The fourth-order valence-electron chi connectivity index (χ4n) is 0.723. The molecular weight excluding hydrogens is 136 g/mol. The normalized spacial score (nSPS) is 10.9. The lowest BCUT2D eigenvalue weighted by molar-refractivity contribution is -0.114. The molecule has 60 valence electrons. The largest absolute Gasteiger partial charge is 0.294 e. The summed E-state index contributed by atoms with van der Waals surface area (Å²) >= 11 is 0. The van der Waals surface area contributed by atoms with E-state index in [1.807, 2.05) is 13.8 Å². The van der Waals surface area contributed by atoms with Crippen LogP contribution in [0.3, 0.4) is 0 Å². The fraction of sp³-hybridized carbons (Fsp3) is 0.300. The molecule has 11 heavy (non-hydrogen) atoms. The summed E-state index contributed by atoms with van der Waals surface area (Å²) in [7, 11) is 0. The Morgan fingerprint density at radius 2 is 2.09 bits per heavy atom. The average Bonchev–Trinajstić information content (AvgIpc) is 1.98. The standard InChI is InChI=1S/C10H14O/c1-5-9(7-8(3)4)10(11)6-2/h5,7H,1,3,6H2,2,4H3/b9-7+. The molecule has 0 aliphatic heterocycles. The third kappa shape index (κ3) is 3.56. The Bertz CT molecular complexity index is 209. The van der Waals surface area contributed by atoms with Gasteiger partial charge in [0.1, 0.15) is 0 Å². The number of carbonyl (C=O) groups is 1. The molecule has 0 aliphatic carbocycles. The molecule has 0 aromatic rings. The van der Waals surface area contributed by atoms with Crippen molar-refractivity contribution in [2.24, 2.45) is 0 Å². The minimum atomic E-state index is 0.114. The highest BCUT2D eigenvalue weighted by Crippen LogP contribution is 2.04. The van der Waals surface area contributed by atoms with Crippen molar-refractivity contribution in [3.05, 3.63) is 36.5 Å². The van der Waals surface area contributed by atoms with Crippen molar-refractivity contribution >= 4 is 5.78 Å². The van der Waals surface area contributed by atoms with Gasteiger partial charge in [-0.1, -0.05) is 31.7 Å². The minimum absolute atomic E-state index is 0.114. The van der Waals surface area contributed by atoms with Gasteiger partial charge in [-0.2, -0.15) is 0 Å². The zero-order chi connectivity index (χ0) is 8.85. The summed E-state index contributed by atoms with van der Waals surface area (Å²) in [6.07, 6.45) is 3.84. The summed E-state index contributed by atoms with van der Waals surface area (Å²) in [6, 6.07) is 0. The average molecular weight is 150 g/mol. The van der Waals surface area contributed by atoms with Gasteiger partial charge in [0.2, 0.25) is 0 Å². The minimum Gasteiger partial charge on any atom is -0.294 e. The van der Waals surface area contributed by atoms with Crippen molar-refractivity contribution in [1.82, 2.24) is 0 Å². The molecule has 0 aromatic carbocycles. The molecule has 0 N–H and O–H groups in total. The third-order valence-electron chi connectivity index (χ3n) is 1.26. The monoisotopic (exact) mass is 150 g/mol. The van der Waals surface area contributed by atoms with Crippen LogP contribution in [0.25, 0.3) is 0 Å². The van der Waals surface area contributed by atoms with E-state index in [9.17, 15) is 4.79 Å². The molecule has 0 bridgehead atoms. The molecule has 0 saturated carbocycles. The van der Waals surface area contributed by atoms with Crippen LogP contribution >= 0.6 is 0 Å². The van der Waals surface area contributed by atoms with Gasteiger partial charge in [0.15, 0.2) is 5.78 Å². The summed E-state index contributed by atoms with van der Waals surface area (Å²) in [5, 5.41) is 0. The van der Waals surface area contributed by atoms with Crippen molar-refractivity contribution in [2.45, 2.75) is 20.3 Å². The second-order valence-corrected chi connectivity index (χ2v) is 2.43. The second kappa shape index (κ2) is 4.67. The molecule has 0 aromatic heterocycles. The molecule has 1 heteroatoms. The van der Waals surface area contributed by atoms with Crippen molar-refractivity contribution in [2.75, 3.05) is 0 Å². The van der Waals surface area contributed by atoms with Crippen LogP contribution in [-0.2, 0) is 4.79 Å². The van der Waals surface area contributed by atoms with Crippen molar-refractivity contribution in [3.63, 3.8) is 0 Å². The van der Waals surface area contributed by atoms with Gasteiger partial charge >= 0.3 is 0 Å². The highest BCUT2D eigenvalue weighted by molar-refractivity contribution is 5.98. The topological polar surface area (TPSA) is 17.1 Å². The van der Waals surface area contributed by atoms with E-state index in [1.54, 1.807) is 12.2 Å². The van der Waals surface area contributed by atoms with Gasteiger partial charge in [0.25, 0.3) is 0 Å². The van der Waals surface area contributed by atoms with Gasteiger partial charge in [0, 0.05) is 12.0 Å². The number of hydrogen-bond acceptors (Lipinski definition) is 1. The van der Waals surface area contributed by atoms with Crippen LogP contribution in [0, 0.1) is 0 Å². The molecule has 0 atom stereocenters. The third-order valence-corrected chi connectivity index (χ3v) is 1.26. The van der Waals surface area contributed by atoms with E-state index in [-0.39, 0.29) is 5.78 Å². The summed E-state index contributed by atoms with van der Waals surface area (Å²) in [5.74, 6) is 0.114. The van der Waals surface area contributed by atoms with Gasteiger partial charge in [-0.25, -0.2) is 0 Å². The smallest absolute Gasteiger partial charge is 0.162 e. The second-order valence-electron chi connectivity index (χ2n) is 2.43. The lowest BCUT2D eigenvalue weighted by Crippen LogP contribution is -1.97. The molecule has 0 saturated heterocycles. The maximum absolute atomic E-state index is 11.1. The zero-order valence-electron chi connectivity index (χ0n) is 7.18.